The molecule has 0 amide bonds. The van der Waals surface area contributed by atoms with Crippen LogP contribution < -0.4 is 0 Å². The van der Waals surface area contributed by atoms with Crippen molar-refractivity contribution in [2.24, 2.45) is 0 Å². The summed E-state index contributed by atoms with van der Waals surface area (Å²) < 4.78 is 0. The van der Waals surface area contributed by atoms with Crippen LogP contribution in [0.2, 0.25) is 0 Å². The molecule has 0 aliphatic rings. The van der Waals surface area contributed by atoms with E-state index >= 15 is 0 Å². The van der Waals surface area contributed by atoms with E-state index in [4.69, 9.17) is 0 Å². The fraction of sp³-hybridized carbons (Fsp3) is 0.462. The Hall–Kier alpha value is -2.42. The summed E-state index contributed by atoms with van der Waals surface area (Å²) in [7, 11) is 0. The molecule has 0 unspecified atom stereocenters. The van der Waals surface area contributed by atoms with Crippen LogP contribution in [0.3, 0.4) is 0 Å². The van der Waals surface area contributed by atoms with Crippen LogP contribution in [0.4, 0.5) is 0 Å². The predicted octanol–water partition coefficient (Wildman–Crippen LogP) is 7.49. The zero-order chi connectivity index (χ0) is 21.8. The molecule has 0 saturated carbocycles. The third-order valence-corrected chi connectivity index (χ3v) is 5.00. The quantitative estimate of drug-likeness (QED) is 0.338. The SMILES string of the molecule is CC(C)=CCCC(C)=CCCC(C)=CCCC(C)=CCc1c(O)cc(O)cc1O. The van der Waals surface area contributed by atoms with Crippen molar-refractivity contribution in [3.05, 3.63) is 64.3 Å². The van der Waals surface area contributed by atoms with Gasteiger partial charge in [0.25, 0.3) is 0 Å². The van der Waals surface area contributed by atoms with Crippen LogP contribution in [-0.4, -0.2) is 15.3 Å². The number of aromatic hydroxyl groups is 3. The van der Waals surface area contributed by atoms with Crippen molar-refractivity contribution < 1.29 is 15.3 Å². The molecular formula is C26H38O3. The summed E-state index contributed by atoms with van der Waals surface area (Å²) in [6, 6.07) is 2.50. The zero-order valence-electron chi connectivity index (χ0n) is 18.8. The molecule has 3 N–H and O–H groups in total. The molecule has 0 fully saturated rings. The van der Waals surface area contributed by atoms with Gasteiger partial charge in [-0.2, -0.15) is 0 Å². The number of benzene rings is 1. The molecule has 1 aromatic carbocycles. The van der Waals surface area contributed by atoms with E-state index in [-0.39, 0.29) is 17.2 Å². The Morgan fingerprint density at radius 3 is 1.52 bits per heavy atom. The highest BCUT2D eigenvalue weighted by atomic mass is 16.3. The van der Waals surface area contributed by atoms with E-state index in [1.807, 2.05) is 6.08 Å². The summed E-state index contributed by atoms with van der Waals surface area (Å²) >= 11 is 0. The molecule has 0 aliphatic carbocycles. The van der Waals surface area contributed by atoms with Crippen molar-refractivity contribution >= 4 is 0 Å². The Morgan fingerprint density at radius 1 is 0.655 bits per heavy atom. The fourth-order valence-electron chi connectivity index (χ4n) is 3.10. The third kappa shape index (κ3) is 10.6. The highest BCUT2D eigenvalue weighted by molar-refractivity contribution is 5.49. The lowest BCUT2D eigenvalue weighted by atomic mass is 10.0. The number of phenols is 3. The van der Waals surface area contributed by atoms with Gasteiger partial charge in [0, 0.05) is 17.7 Å². The monoisotopic (exact) mass is 398 g/mol. The number of hydrogen-bond donors (Lipinski definition) is 3. The third-order valence-electron chi connectivity index (χ3n) is 5.00. The average molecular weight is 399 g/mol. The normalized spacial score (nSPS) is 12.9. The molecule has 29 heavy (non-hydrogen) atoms. The van der Waals surface area contributed by atoms with E-state index in [1.54, 1.807) is 0 Å². The lowest BCUT2D eigenvalue weighted by molar-refractivity contribution is 0.421. The van der Waals surface area contributed by atoms with Crippen molar-refractivity contribution in [3.8, 4) is 17.2 Å². The van der Waals surface area contributed by atoms with Crippen LogP contribution in [0.25, 0.3) is 0 Å². The molecule has 0 heterocycles. The standard InChI is InChI=1S/C26H38O3/c1-19(2)9-6-10-20(3)11-7-12-21(4)13-8-14-22(5)15-16-24-25(28)17-23(27)18-26(24)29/h9,11,13,15,17-18,27-29H,6-8,10,12,14,16H2,1-5H3. The molecule has 3 heteroatoms. The Kier molecular flexibility index (Phi) is 11.0. The van der Waals surface area contributed by atoms with Gasteiger partial charge in [-0.05, 0) is 79.6 Å². The van der Waals surface area contributed by atoms with Gasteiger partial charge in [0.15, 0.2) is 0 Å². The predicted molar refractivity (Wildman–Crippen MR) is 124 cm³/mol. The first kappa shape index (κ1) is 24.6. The number of rotatable bonds is 11. The van der Waals surface area contributed by atoms with Crippen molar-refractivity contribution in [1.29, 1.82) is 0 Å². The Labute approximate surface area is 176 Å². The maximum absolute atomic E-state index is 9.86. The molecule has 1 aromatic rings. The maximum atomic E-state index is 9.86. The maximum Gasteiger partial charge on any atom is 0.126 e. The fourth-order valence-corrected chi connectivity index (χ4v) is 3.10. The summed E-state index contributed by atoms with van der Waals surface area (Å²) in [6.07, 6.45) is 15.8. The molecule has 0 radical (unpaired) electrons. The molecule has 0 atom stereocenters. The Bertz CT molecular complexity index is 752. The van der Waals surface area contributed by atoms with Crippen LogP contribution in [0.15, 0.2) is 58.7 Å². The largest absolute Gasteiger partial charge is 0.508 e. The minimum Gasteiger partial charge on any atom is -0.508 e. The summed E-state index contributed by atoms with van der Waals surface area (Å²) in [6.45, 7) is 10.8. The van der Waals surface area contributed by atoms with Crippen LogP contribution in [0, 0.1) is 0 Å². The van der Waals surface area contributed by atoms with Crippen LogP contribution in [-0.2, 0) is 6.42 Å². The van der Waals surface area contributed by atoms with E-state index in [2.05, 4.69) is 52.8 Å². The first-order chi connectivity index (χ1) is 13.7. The van der Waals surface area contributed by atoms with Crippen LogP contribution in [0.5, 0.6) is 17.2 Å². The highest BCUT2D eigenvalue weighted by Crippen LogP contribution is 2.32. The van der Waals surface area contributed by atoms with E-state index in [0.29, 0.717) is 12.0 Å². The van der Waals surface area contributed by atoms with Gasteiger partial charge in [0.1, 0.15) is 17.2 Å². The lowest BCUT2D eigenvalue weighted by Crippen LogP contribution is -1.87. The Balaban J connectivity index is 2.40. The summed E-state index contributed by atoms with van der Waals surface area (Å²) in [5.41, 5.74) is 5.93. The van der Waals surface area contributed by atoms with Crippen molar-refractivity contribution in [2.45, 2.75) is 79.6 Å². The van der Waals surface area contributed by atoms with E-state index < -0.39 is 0 Å². The molecule has 0 aliphatic heterocycles. The van der Waals surface area contributed by atoms with Crippen molar-refractivity contribution in [2.75, 3.05) is 0 Å². The smallest absolute Gasteiger partial charge is 0.126 e. The molecule has 0 saturated heterocycles. The number of hydrogen-bond acceptors (Lipinski definition) is 3. The first-order valence-corrected chi connectivity index (χ1v) is 10.5. The minimum atomic E-state index is -0.136. The molecular weight excluding hydrogens is 360 g/mol. The van der Waals surface area contributed by atoms with Gasteiger partial charge in [-0.3, -0.25) is 0 Å². The van der Waals surface area contributed by atoms with Crippen LogP contribution in [0.1, 0.15) is 78.7 Å². The van der Waals surface area contributed by atoms with Gasteiger partial charge in [0.05, 0.1) is 0 Å². The first-order valence-electron chi connectivity index (χ1n) is 10.5. The summed E-state index contributed by atoms with van der Waals surface area (Å²) in [5, 5.41) is 29.1. The van der Waals surface area contributed by atoms with Gasteiger partial charge in [0.2, 0.25) is 0 Å². The second kappa shape index (κ2) is 12.9. The van der Waals surface area contributed by atoms with Gasteiger partial charge >= 0.3 is 0 Å². The molecule has 0 spiro atoms. The average Bonchev–Trinajstić information content (AvgIpc) is 2.60. The van der Waals surface area contributed by atoms with Gasteiger partial charge in [-0.25, -0.2) is 0 Å². The van der Waals surface area contributed by atoms with E-state index in [1.165, 1.54) is 34.4 Å². The molecule has 0 aromatic heterocycles. The molecule has 1 rings (SSSR count). The number of phenolic OH excluding ortho intramolecular Hbond substituents is 3. The van der Waals surface area contributed by atoms with Crippen LogP contribution >= 0.6 is 0 Å². The Morgan fingerprint density at radius 2 is 1.07 bits per heavy atom. The summed E-state index contributed by atoms with van der Waals surface area (Å²) in [4.78, 5) is 0. The summed E-state index contributed by atoms with van der Waals surface area (Å²) in [5.74, 6) is -0.291. The molecule has 3 nitrogen and oxygen atoms in total. The molecule has 0 bridgehead atoms. The van der Waals surface area contributed by atoms with E-state index in [0.717, 1.165) is 38.5 Å². The van der Waals surface area contributed by atoms with Gasteiger partial charge in [-0.15, -0.1) is 0 Å². The van der Waals surface area contributed by atoms with Crippen molar-refractivity contribution in [3.63, 3.8) is 0 Å². The minimum absolute atomic E-state index is 0.0773. The van der Waals surface area contributed by atoms with Crippen molar-refractivity contribution in [1.82, 2.24) is 0 Å². The van der Waals surface area contributed by atoms with Gasteiger partial charge in [-0.1, -0.05) is 46.6 Å². The van der Waals surface area contributed by atoms with E-state index in [9.17, 15) is 15.3 Å². The topological polar surface area (TPSA) is 60.7 Å². The second-order valence-corrected chi connectivity index (χ2v) is 8.22. The molecule has 160 valence electrons. The highest BCUT2D eigenvalue weighted by Gasteiger charge is 2.08. The number of allylic oxidation sites excluding steroid dienone is 8. The zero-order valence-corrected chi connectivity index (χ0v) is 18.8. The lowest BCUT2D eigenvalue weighted by Gasteiger charge is -2.07. The van der Waals surface area contributed by atoms with Gasteiger partial charge < -0.3 is 15.3 Å². The second-order valence-electron chi connectivity index (χ2n) is 8.22.